The molecule has 1 rings (SSSR count). The number of hydrogen-bond donors (Lipinski definition) is 0. The third-order valence-corrected chi connectivity index (χ3v) is 2.02. The van der Waals surface area contributed by atoms with Gasteiger partial charge in [0.15, 0.2) is 6.29 Å². The Kier molecular flexibility index (Phi) is 5.29. The Labute approximate surface area is 90.0 Å². The molecular weight excluding hydrogens is 195 g/mol. The first kappa shape index (κ1) is 12.1. The summed E-state index contributed by atoms with van der Waals surface area (Å²) in [5.74, 6) is -0.219. The summed E-state index contributed by atoms with van der Waals surface area (Å²) < 4.78 is 23.5. The van der Waals surface area contributed by atoms with Crippen molar-refractivity contribution in [3.63, 3.8) is 0 Å². The van der Waals surface area contributed by atoms with E-state index >= 15 is 0 Å². The summed E-state index contributed by atoms with van der Waals surface area (Å²) >= 11 is 0. The summed E-state index contributed by atoms with van der Waals surface area (Å²) in [5, 5.41) is 0. The normalized spacial score (nSPS) is 10.9. The fourth-order valence-corrected chi connectivity index (χ4v) is 1.35. The van der Waals surface area contributed by atoms with Crippen molar-refractivity contribution in [2.75, 3.05) is 13.2 Å². The molecule has 0 unspecified atom stereocenters. The molecule has 1 aromatic carbocycles. The lowest BCUT2D eigenvalue weighted by atomic mass is 10.1. The van der Waals surface area contributed by atoms with Crippen molar-refractivity contribution >= 4 is 0 Å². The van der Waals surface area contributed by atoms with Gasteiger partial charge in [0.1, 0.15) is 5.82 Å². The number of hydrogen-bond acceptors (Lipinski definition) is 2. The van der Waals surface area contributed by atoms with Gasteiger partial charge in [-0.3, -0.25) is 0 Å². The van der Waals surface area contributed by atoms with E-state index in [-0.39, 0.29) is 12.1 Å². The van der Waals surface area contributed by atoms with Gasteiger partial charge in [0.25, 0.3) is 0 Å². The van der Waals surface area contributed by atoms with E-state index in [1.165, 1.54) is 12.1 Å². The molecule has 0 aromatic heterocycles. The third-order valence-electron chi connectivity index (χ3n) is 2.02. The Morgan fingerprint density at radius 1 is 1.07 bits per heavy atom. The lowest BCUT2D eigenvalue weighted by Gasteiger charge is -2.16. The molecule has 0 amide bonds. The van der Waals surface area contributed by atoms with E-state index < -0.39 is 0 Å². The predicted molar refractivity (Wildman–Crippen MR) is 57.1 cm³/mol. The van der Waals surface area contributed by atoms with Crippen LogP contribution in [0.15, 0.2) is 24.3 Å². The second-order valence-electron chi connectivity index (χ2n) is 3.17. The van der Waals surface area contributed by atoms with Gasteiger partial charge in [-0.1, -0.05) is 12.1 Å². The molecule has 1 aromatic rings. The maximum absolute atomic E-state index is 12.7. The highest BCUT2D eigenvalue weighted by atomic mass is 19.1. The van der Waals surface area contributed by atoms with Crippen LogP contribution in [0.4, 0.5) is 4.39 Å². The Balaban J connectivity index is 2.53. The molecular formula is C12H17FO2. The standard InChI is InChI=1S/C12H17FO2/c1-3-14-12(15-4-2)9-10-5-7-11(13)8-6-10/h5-8,12H,3-4,9H2,1-2H3. The van der Waals surface area contributed by atoms with Gasteiger partial charge < -0.3 is 9.47 Å². The van der Waals surface area contributed by atoms with Crippen LogP contribution in [0.25, 0.3) is 0 Å². The summed E-state index contributed by atoms with van der Waals surface area (Å²) in [6, 6.07) is 6.40. The van der Waals surface area contributed by atoms with Crippen LogP contribution >= 0.6 is 0 Å². The van der Waals surface area contributed by atoms with E-state index in [1.54, 1.807) is 12.1 Å². The quantitative estimate of drug-likeness (QED) is 0.675. The molecule has 84 valence electrons. The average molecular weight is 212 g/mol. The van der Waals surface area contributed by atoms with Crippen LogP contribution in [0.5, 0.6) is 0 Å². The molecule has 0 aliphatic heterocycles. The van der Waals surface area contributed by atoms with E-state index in [0.29, 0.717) is 19.6 Å². The minimum atomic E-state index is -0.231. The Bertz CT molecular complexity index is 265. The number of halogens is 1. The molecule has 2 nitrogen and oxygen atoms in total. The van der Waals surface area contributed by atoms with Crippen LogP contribution in [0.2, 0.25) is 0 Å². The zero-order chi connectivity index (χ0) is 11.1. The van der Waals surface area contributed by atoms with Gasteiger partial charge in [0.05, 0.1) is 0 Å². The first-order valence-corrected chi connectivity index (χ1v) is 5.24. The molecule has 0 saturated heterocycles. The highest BCUT2D eigenvalue weighted by Gasteiger charge is 2.08. The van der Waals surface area contributed by atoms with E-state index in [0.717, 1.165) is 5.56 Å². The molecule has 15 heavy (non-hydrogen) atoms. The van der Waals surface area contributed by atoms with Crippen LogP contribution in [0.1, 0.15) is 19.4 Å². The number of ether oxygens (including phenoxy) is 2. The minimum absolute atomic E-state index is 0.219. The summed E-state index contributed by atoms with van der Waals surface area (Å²) in [4.78, 5) is 0. The Morgan fingerprint density at radius 3 is 2.07 bits per heavy atom. The number of rotatable bonds is 6. The molecule has 0 bridgehead atoms. The summed E-state index contributed by atoms with van der Waals surface area (Å²) in [7, 11) is 0. The van der Waals surface area contributed by atoms with Crippen LogP contribution in [0.3, 0.4) is 0 Å². The lowest BCUT2D eigenvalue weighted by Crippen LogP contribution is -2.20. The van der Waals surface area contributed by atoms with Crippen molar-refractivity contribution in [3.05, 3.63) is 35.6 Å². The molecule has 0 aliphatic rings. The van der Waals surface area contributed by atoms with Crippen LogP contribution in [-0.4, -0.2) is 19.5 Å². The van der Waals surface area contributed by atoms with Crippen LogP contribution in [-0.2, 0) is 15.9 Å². The van der Waals surface area contributed by atoms with Crippen molar-refractivity contribution < 1.29 is 13.9 Å². The third kappa shape index (κ3) is 4.40. The Hall–Kier alpha value is -0.930. The van der Waals surface area contributed by atoms with Crippen molar-refractivity contribution in [1.29, 1.82) is 0 Å². The van der Waals surface area contributed by atoms with Gasteiger partial charge in [-0.2, -0.15) is 0 Å². The number of benzene rings is 1. The van der Waals surface area contributed by atoms with Gasteiger partial charge >= 0.3 is 0 Å². The van der Waals surface area contributed by atoms with Crippen LogP contribution in [0, 0.1) is 5.82 Å². The molecule has 0 fully saturated rings. The van der Waals surface area contributed by atoms with Gasteiger partial charge in [-0.15, -0.1) is 0 Å². The average Bonchev–Trinajstić information content (AvgIpc) is 2.22. The monoisotopic (exact) mass is 212 g/mol. The summed E-state index contributed by atoms with van der Waals surface area (Å²) in [6.07, 6.45) is 0.424. The molecule has 0 heterocycles. The molecule has 0 atom stereocenters. The fraction of sp³-hybridized carbons (Fsp3) is 0.500. The second-order valence-corrected chi connectivity index (χ2v) is 3.17. The van der Waals surface area contributed by atoms with E-state index in [1.807, 2.05) is 13.8 Å². The Morgan fingerprint density at radius 2 is 1.60 bits per heavy atom. The smallest absolute Gasteiger partial charge is 0.161 e. The van der Waals surface area contributed by atoms with E-state index in [2.05, 4.69) is 0 Å². The van der Waals surface area contributed by atoms with Crippen molar-refractivity contribution in [3.8, 4) is 0 Å². The van der Waals surface area contributed by atoms with Gasteiger partial charge in [0.2, 0.25) is 0 Å². The molecule has 0 radical (unpaired) electrons. The SMILES string of the molecule is CCOC(Cc1ccc(F)cc1)OCC. The lowest BCUT2D eigenvalue weighted by molar-refractivity contribution is -0.134. The fourth-order valence-electron chi connectivity index (χ4n) is 1.35. The van der Waals surface area contributed by atoms with Crippen molar-refractivity contribution in [2.45, 2.75) is 26.6 Å². The topological polar surface area (TPSA) is 18.5 Å². The maximum Gasteiger partial charge on any atom is 0.161 e. The van der Waals surface area contributed by atoms with Gasteiger partial charge in [-0.05, 0) is 31.5 Å². The van der Waals surface area contributed by atoms with Crippen molar-refractivity contribution in [2.24, 2.45) is 0 Å². The van der Waals surface area contributed by atoms with Crippen LogP contribution < -0.4 is 0 Å². The maximum atomic E-state index is 12.7. The highest BCUT2D eigenvalue weighted by Crippen LogP contribution is 2.08. The molecule has 0 saturated carbocycles. The first-order chi connectivity index (χ1) is 7.26. The van der Waals surface area contributed by atoms with E-state index in [9.17, 15) is 4.39 Å². The summed E-state index contributed by atoms with van der Waals surface area (Å²) in [6.45, 7) is 5.09. The zero-order valence-corrected chi connectivity index (χ0v) is 9.20. The minimum Gasteiger partial charge on any atom is -0.353 e. The zero-order valence-electron chi connectivity index (χ0n) is 9.20. The molecule has 0 spiro atoms. The highest BCUT2D eigenvalue weighted by molar-refractivity contribution is 5.16. The largest absolute Gasteiger partial charge is 0.353 e. The molecule has 0 aliphatic carbocycles. The van der Waals surface area contributed by atoms with Gasteiger partial charge in [-0.25, -0.2) is 4.39 Å². The predicted octanol–water partition coefficient (Wildman–Crippen LogP) is 2.77. The van der Waals surface area contributed by atoms with Gasteiger partial charge in [0, 0.05) is 19.6 Å². The summed E-state index contributed by atoms with van der Waals surface area (Å²) in [5.41, 5.74) is 1.02. The van der Waals surface area contributed by atoms with E-state index in [4.69, 9.17) is 9.47 Å². The molecule has 0 N–H and O–H groups in total. The molecule has 3 heteroatoms. The first-order valence-electron chi connectivity index (χ1n) is 5.24. The second kappa shape index (κ2) is 6.53. The van der Waals surface area contributed by atoms with Crippen molar-refractivity contribution in [1.82, 2.24) is 0 Å².